The molecule has 2 nitrogen and oxygen atoms in total. The SMILES string of the molecule is C[SiH](C)OCC(N=Cc1ccsc1)c1ccccc1. The first kappa shape index (κ1) is 14.2. The van der Waals surface area contributed by atoms with Crippen molar-refractivity contribution in [3.63, 3.8) is 0 Å². The third-order valence-electron chi connectivity index (χ3n) is 2.72. The van der Waals surface area contributed by atoms with Crippen molar-refractivity contribution in [3.8, 4) is 0 Å². The maximum Gasteiger partial charge on any atom is 0.171 e. The molecule has 0 spiro atoms. The van der Waals surface area contributed by atoms with Gasteiger partial charge < -0.3 is 4.43 Å². The van der Waals surface area contributed by atoms with Crippen LogP contribution in [0, 0.1) is 0 Å². The Morgan fingerprint density at radius 2 is 2.05 bits per heavy atom. The molecule has 0 aliphatic carbocycles. The molecule has 0 saturated carbocycles. The normalized spacial score (nSPS) is 13.2. The Morgan fingerprint density at radius 3 is 2.68 bits per heavy atom. The minimum atomic E-state index is -1.01. The highest BCUT2D eigenvalue weighted by Gasteiger charge is 2.10. The summed E-state index contributed by atoms with van der Waals surface area (Å²) in [6.45, 7) is 5.05. The van der Waals surface area contributed by atoms with Crippen molar-refractivity contribution < 1.29 is 4.43 Å². The lowest BCUT2D eigenvalue weighted by Gasteiger charge is -2.15. The van der Waals surface area contributed by atoms with Crippen LogP contribution in [0.1, 0.15) is 17.2 Å². The molecule has 2 aromatic rings. The Bertz CT molecular complexity index is 496. The van der Waals surface area contributed by atoms with E-state index in [4.69, 9.17) is 4.43 Å². The van der Waals surface area contributed by atoms with Gasteiger partial charge in [-0.15, -0.1) is 0 Å². The number of nitrogens with zero attached hydrogens (tertiary/aromatic N) is 1. The minimum Gasteiger partial charge on any atom is -0.418 e. The van der Waals surface area contributed by atoms with Crippen LogP contribution in [0.4, 0.5) is 0 Å². The van der Waals surface area contributed by atoms with Crippen LogP contribution >= 0.6 is 11.3 Å². The molecule has 19 heavy (non-hydrogen) atoms. The van der Waals surface area contributed by atoms with Gasteiger partial charge in [-0.05, 0) is 35.5 Å². The fourth-order valence-corrected chi connectivity index (χ4v) is 2.89. The third-order valence-corrected chi connectivity index (χ3v) is 4.28. The molecule has 1 heterocycles. The van der Waals surface area contributed by atoms with Crippen LogP contribution in [0.2, 0.25) is 13.1 Å². The average molecular weight is 289 g/mol. The monoisotopic (exact) mass is 289 g/mol. The minimum absolute atomic E-state index is 0.0935. The first-order chi connectivity index (χ1) is 9.25. The van der Waals surface area contributed by atoms with E-state index in [2.05, 4.69) is 59.2 Å². The molecule has 1 aromatic heterocycles. The molecule has 0 amide bonds. The Kier molecular flexibility index (Phi) is 5.51. The maximum absolute atomic E-state index is 5.86. The molecule has 0 radical (unpaired) electrons. The number of aliphatic imine (C=N–C) groups is 1. The van der Waals surface area contributed by atoms with Crippen LogP contribution in [0.5, 0.6) is 0 Å². The average Bonchev–Trinajstić information content (AvgIpc) is 2.93. The van der Waals surface area contributed by atoms with Crippen LogP contribution in [0.15, 0.2) is 52.2 Å². The molecule has 0 bridgehead atoms. The van der Waals surface area contributed by atoms with Crippen molar-refractivity contribution in [1.82, 2.24) is 0 Å². The number of hydrogen-bond acceptors (Lipinski definition) is 3. The molecule has 0 N–H and O–H groups in total. The van der Waals surface area contributed by atoms with Crippen LogP contribution in [-0.4, -0.2) is 21.9 Å². The van der Waals surface area contributed by atoms with Gasteiger partial charge in [-0.25, -0.2) is 0 Å². The Morgan fingerprint density at radius 1 is 1.26 bits per heavy atom. The molecule has 1 unspecified atom stereocenters. The molecule has 1 aromatic carbocycles. The summed E-state index contributed by atoms with van der Waals surface area (Å²) in [4.78, 5) is 4.69. The predicted octanol–water partition coefficient (Wildman–Crippen LogP) is 3.91. The summed E-state index contributed by atoms with van der Waals surface area (Å²) in [6.07, 6.45) is 1.94. The van der Waals surface area contributed by atoms with E-state index in [1.807, 2.05) is 12.3 Å². The molecule has 1 atom stereocenters. The maximum atomic E-state index is 5.86. The van der Waals surface area contributed by atoms with Gasteiger partial charge in [-0.3, -0.25) is 4.99 Å². The van der Waals surface area contributed by atoms with Crippen molar-refractivity contribution in [2.24, 2.45) is 4.99 Å². The van der Waals surface area contributed by atoms with Gasteiger partial charge in [0, 0.05) is 11.8 Å². The second kappa shape index (κ2) is 7.38. The van der Waals surface area contributed by atoms with E-state index >= 15 is 0 Å². The van der Waals surface area contributed by atoms with Crippen LogP contribution in [0.3, 0.4) is 0 Å². The zero-order chi connectivity index (χ0) is 13.5. The fourth-order valence-electron chi connectivity index (χ4n) is 1.71. The molecule has 2 rings (SSSR count). The van der Waals surface area contributed by atoms with Crippen LogP contribution in [0.25, 0.3) is 0 Å². The number of rotatable bonds is 6. The van der Waals surface area contributed by atoms with Gasteiger partial charge in [-0.2, -0.15) is 11.3 Å². The Balaban J connectivity index is 2.10. The second-order valence-corrected chi connectivity index (χ2v) is 7.85. The topological polar surface area (TPSA) is 21.6 Å². The van der Waals surface area contributed by atoms with Gasteiger partial charge in [-0.1, -0.05) is 30.3 Å². The summed E-state index contributed by atoms with van der Waals surface area (Å²) in [5.41, 5.74) is 2.37. The summed E-state index contributed by atoms with van der Waals surface area (Å²) in [7, 11) is -1.01. The lowest BCUT2D eigenvalue weighted by atomic mass is 10.1. The molecule has 0 fully saturated rings. The number of thiophene rings is 1. The third kappa shape index (κ3) is 4.74. The summed E-state index contributed by atoms with van der Waals surface area (Å²) in [6, 6.07) is 12.5. The summed E-state index contributed by atoms with van der Waals surface area (Å²) in [5, 5.41) is 4.17. The predicted molar refractivity (Wildman–Crippen MR) is 85.9 cm³/mol. The largest absolute Gasteiger partial charge is 0.418 e. The smallest absolute Gasteiger partial charge is 0.171 e. The summed E-state index contributed by atoms with van der Waals surface area (Å²) in [5.74, 6) is 0. The zero-order valence-electron chi connectivity index (χ0n) is 11.3. The molecule has 100 valence electrons. The first-order valence-electron chi connectivity index (χ1n) is 6.47. The van der Waals surface area contributed by atoms with E-state index in [0.29, 0.717) is 6.61 Å². The summed E-state index contributed by atoms with van der Waals surface area (Å²) < 4.78 is 5.86. The number of benzene rings is 1. The van der Waals surface area contributed by atoms with Gasteiger partial charge in [0.15, 0.2) is 9.04 Å². The van der Waals surface area contributed by atoms with E-state index in [1.165, 1.54) is 5.56 Å². The Labute approximate surface area is 120 Å². The van der Waals surface area contributed by atoms with E-state index in [0.717, 1.165) is 5.56 Å². The highest BCUT2D eigenvalue weighted by atomic mass is 32.1. The molecular weight excluding hydrogens is 270 g/mol. The molecule has 4 heteroatoms. The first-order valence-corrected chi connectivity index (χ1v) is 10.2. The van der Waals surface area contributed by atoms with Crippen molar-refractivity contribution in [3.05, 3.63) is 58.3 Å². The summed E-state index contributed by atoms with van der Waals surface area (Å²) >= 11 is 1.69. The van der Waals surface area contributed by atoms with E-state index in [1.54, 1.807) is 11.3 Å². The lowest BCUT2D eigenvalue weighted by molar-refractivity contribution is 0.299. The van der Waals surface area contributed by atoms with Gasteiger partial charge in [0.1, 0.15) is 0 Å². The number of hydrogen-bond donors (Lipinski definition) is 0. The highest BCUT2D eigenvalue weighted by Crippen LogP contribution is 2.18. The molecule has 0 aliphatic rings. The van der Waals surface area contributed by atoms with Gasteiger partial charge in [0.05, 0.1) is 12.6 Å². The van der Waals surface area contributed by atoms with Gasteiger partial charge in [0.25, 0.3) is 0 Å². The molecule has 0 saturated heterocycles. The van der Waals surface area contributed by atoms with Crippen molar-refractivity contribution >= 4 is 26.6 Å². The van der Waals surface area contributed by atoms with E-state index < -0.39 is 9.04 Å². The molecule has 0 aliphatic heterocycles. The van der Waals surface area contributed by atoms with Crippen molar-refractivity contribution in [2.75, 3.05) is 6.61 Å². The highest BCUT2D eigenvalue weighted by molar-refractivity contribution is 7.08. The van der Waals surface area contributed by atoms with E-state index in [9.17, 15) is 0 Å². The van der Waals surface area contributed by atoms with Crippen LogP contribution < -0.4 is 0 Å². The van der Waals surface area contributed by atoms with Crippen LogP contribution in [-0.2, 0) is 4.43 Å². The van der Waals surface area contributed by atoms with Gasteiger partial charge >= 0.3 is 0 Å². The van der Waals surface area contributed by atoms with Gasteiger partial charge in [0.2, 0.25) is 0 Å². The second-order valence-electron chi connectivity index (χ2n) is 4.64. The quantitative estimate of drug-likeness (QED) is 0.583. The van der Waals surface area contributed by atoms with Crippen molar-refractivity contribution in [1.29, 1.82) is 0 Å². The zero-order valence-corrected chi connectivity index (χ0v) is 13.3. The lowest BCUT2D eigenvalue weighted by Crippen LogP contribution is -2.14. The standard InChI is InChI=1S/C15H19NOSSi/c1-19(2)17-11-15(14-6-4-3-5-7-14)16-10-13-8-9-18-12-13/h3-10,12,15,19H,11H2,1-2H3. The fraction of sp³-hybridized carbons (Fsp3) is 0.267. The molecular formula is C15H19NOSSi. The van der Waals surface area contributed by atoms with E-state index in [-0.39, 0.29) is 6.04 Å². The van der Waals surface area contributed by atoms with Crippen molar-refractivity contribution in [2.45, 2.75) is 19.1 Å². The Hall–Kier alpha value is -1.23.